The Balaban J connectivity index is 2.43. The maximum absolute atomic E-state index is 12.2. The van der Waals surface area contributed by atoms with Gasteiger partial charge in [-0.1, -0.05) is 0 Å². The summed E-state index contributed by atoms with van der Waals surface area (Å²) in [6.45, 7) is 0.475. The molecule has 78 valence electrons. The molecule has 14 heavy (non-hydrogen) atoms. The van der Waals surface area contributed by atoms with Gasteiger partial charge in [-0.05, 0) is 6.42 Å². The summed E-state index contributed by atoms with van der Waals surface area (Å²) < 4.78 is 12.2. The van der Waals surface area contributed by atoms with E-state index in [1.54, 1.807) is 0 Å². The predicted octanol–water partition coefficient (Wildman–Crippen LogP) is 0.445. The topological polar surface area (TPSA) is 57.6 Å². The lowest BCUT2D eigenvalue weighted by Crippen LogP contribution is -2.27. The van der Waals surface area contributed by atoms with E-state index in [1.165, 1.54) is 4.90 Å². The molecule has 1 saturated heterocycles. The van der Waals surface area contributed by atoms with Gasteiger partial charge in [0.05, 0.1) is 6.67 Å². The van der Waals surface area contributed by atoms with Crippen LogP contribution in [0.3, 0.4) is 0 Å². The molecular weight excluding hydrogens is 189 g/mol. The number of carbonyl (C=O) groups is 2. The summed E-state index contributed by atoms with van der Waals surface area (Å²) in [5.41, 5.74) is 0. The van der Waals surface area contributed by atoms with E-state index in [0.717, 1.165) is 12.2 Å². The zero-order valence-corrected chi connectivity index (χ0v) is 7.65. The van der Waals surface area contributed by atoms with Gasteiger partial charge in [0.2, 0.25) is 5.91 Å². The number of carboxylic acid groups (broad SMARTS) is 1. The first-order valence-electron chi connectivity index (χ1n) is 4.39. The highest BCUT2D eigenvalue weighted by Gasteiger charge is 2.24. The molecule has 1 aliphatic heterocycles. The molecule has 1 aliphatic rings. The van der Waals surface area contributed by atoms with Crippen LogP contribution in [0.1, 0.15) is 6.42 Å². The van der Waals surface area contributed by atoms with Gasteiger partial charge in [-0.2, -0.15) is 0 Å². The van der Waals surface area contributed by atoms with Crippen molar-refractivity contribution in [2.75, 3.05) is 19.8 Å². The molecule has 0 unspecified atom stereocenters. The van der Waals surface area contributed by atoms with Crippen molar-refractivity contribution in [3.05, 3.63) is 12.2 Å². The van der Waals surface area contributed by atoms with E-state index in [1.807, 2.05) is 0 Å². The van der Waals surface area contributed by atoms with Gasteiger partial charge in [-0.15, -0.1) is 0 Å². The Bertz CT molecular complexity index is 265. The fraction of sp³-hybridized carbons (Fsp3) is 0.556. The third kappa shape index (κ3) is 2.83. The number of carbonyl (C=O) groups excluding carboxylic acids is 1. The molecular formula is C9H12FNO3. The highest BCUT2D eigenvalue weighted by molar-refractivity contribution is 5.94. The molecule has 1 N–H and O–H groups in total. The minimum atomic E-state index is -1.15. The Morgan fingerprint density at radius 2 is 2.21 bits per heavy atom. The van der Waals surface area contributed by atoms with Crippen molar-refractivity contribution in [3.63, 3.8) is 0 Å². The van der Waals surface area contributed by atoms with Crippen LogP contribution in [0.2, 0.25) is 0 Å². The summed E-state index contributed by atoms with van der Waals surface area (Å²) in [6, 6.07) is 0. The van der Waals surface area contributed by atoms with Gasteiger partial charge in [0.25, 0.3) is 0 Å². The summed E-state index contributed by atoms with van der Waals surface area (Å²) in [4.78, 5) is 22.8. The average molecular weight is 201 g/mol. The summed E-state index contributed by atoms with van der Waals surface area (Å²) >= 11 is 0. The second-order valence-corrected chi connectivity index (χ2v) is 3.26. The van der Waals surface area contributed by atoms with E-state index < -0.39 is 12.6 Å². The number of aliphatic carboxylic acids is 1. The summed E-state index contributed by atoms with van der Waals surface area (Å²) in [5, 5.41) is 8.29. The second kappa shape index (κ2) is 4.74. The lowest BCUT2D eigenvalue weighted by atomic mass is 10.1. The molecule has 0 aromatic carbocycles. The third-order valence-electron chi connectivity index (χ3n) is 2.18. The first kappa shape index (κ1) is 10.7. The second-order valence-electron chi connectivity index (χ2n) is 3.26. The summed E-state index contributed by atoms with van der Waals surface area (Å²) in [6.07, 6.45) is 2.46. The number of hydrogen-bond donors (Lipinski definition) is 1. The molecule has 1 atom stereocenters. The van der Waals surface area contributed by atoms with Crippen LogP contribution in [0.5, 0.6) is 0 Å². The zero-order valence-electron chi connectivity index (χ0n) is 7.65. The largest absolute Gasteiger partial charge is 0.478 e. The highest BCUT2D eigenvalue weighted by atomic mass is 19.1. The van der Waals surface area contributed by atoms with Crippen LogP contribution in [0, 0.1) is 5.92 Å². The average Bonchev–Trinajstić information content (AvgIpc) is 2.62. The van der Waals surface area contributed by atoms with Gasteiger partial charge in [0.15, 0.2) is 0 Å². The van der Waals surface area contributed by atoms with E-state index in [4.69, 9.17) is 5.11 Å². The van der Waals surface area contributed by atoms with Gasteiger partial charge in [0.1, 0.15) is 0 Å². The summed E-state index contributed by atoms with van der Waals surface area (Å²) in [7, 11) is 0. The quantitative estimate of drug-likeness (QED) is 0.674. The van der Waals surface area contributed by atoms with Crippen LogP contribution in [-0.2, 0) is 9.59 Å². The van der Waals surface area contributed by atoms with Crippen LogP contribution >= 0.6 is 0 Å². The van der Waals surface area contributed by atoms with Crippen molar-refractivity contribution in [3.8, 4) is 0 Å². The van der Waals surface area contributed by atoms with E-state index in [-0.39, 0.29) is 11.8 Å². The van der Waals surface area contributed by atoms with Crippen LogP contribution in [0.25, 0.3) is 0 Å². The Hall–Kier alpha value is -1.39. The number of alkyl halides is 1. The first-order valence-corrected chi connectivity index (χ1v) is 4.39. The van der Waals surface area contributed by atoms with Gasteiger partial charge in [0, 0.05) is 31.2 Å². The minimum Gasteiger partial charge on any atom is -0.478 e. The van der Waals surface area contributed by atoms with E-state index in [0.29, 0.717) is 19.5 Å². The number of halogens is 1. The lowest BCUT2D eigenvalue weighted by molar-refractivity contribution is -0.132. The fourth-order valence-corrected chi connectivity index (χ4v) is 1.41. The van der Waals surface area contributed by atoms with E-state index >= 15 is 0 Å². The number of likely N-dealkylation sites (tertiary alicyclic amines) is 1. The molecule has 1 heterocycles. The van der Waals surface area contributed by atoms with Gasteiger partial charge < -0.3 is 10.0 Å². The Morgan fingerprint density at radius 3 is 2.71 bits per heavy atom. The monoisotopic (exact) mass is 201 g/mol. The predicted molar refractivity (Wildman–Crippen MR) is 47.4 cm³/mol. The third-order valence-corrected chi connectivity index (χ3v) is 2.18. The Labute approximate surface area is 81.0 Å². The van der Waals surface area contributed by atoms with Crippen LogP contribution in [0.15, 0.2) is 12.2 Å². The molecule has 0 aromatic heterocycles. The zero-order chi connectivity index (χ0) is 10.6. The van der Waals surface area contributed by atoms with E-state index in [9.17, 15) is 14.0 Å². The smallest absolute Gasteiger partial charge is 0.328 e. The van der Waals surface area contributed by atoms with Crippen molar-refractivity contribution in [2.24, 2.45) is 5.92 Å². The maximum atomic E-state index is 12.2. The van der Waals surface area contributed by atoms with Crippen molar-refractivity contribution < 1.29 is 19.1 Å². The number of nitrogens with zero attached hydrogens (tertiary/aromatic N) is 1. The number of rotatable bonds is 3. The van der Waals surface area contributed by atoms with Crippen molar-refractivity contribution in [1.29, 1.82) is 0 Å². The van der Waals surface area contributed by atoms with Crippen molar-refractivity contribution >= 4 is 11.9 Å². The van der Waals surface area contributed by atoms with Crippen molar-refractivity contribution in [2.45, 2.75) is 6.42 Å². The number of carboxylic acids is 1. The number of amides is 1. The molecule has 0 spiro atoms. The first-order chi connectivity index (χ1) is 6.63. The fourth-order valence-electron chi connectivity index (χ4n) is 1.41. The Morgan fingerprint density at radius 1 is 1.50 bits per heavy atom. The van der Waals surface area contributed by atoms with Gasteiger partial charge in [-0.3, -0.25) is 9.18 Å². The maximum Gasteiger partial charge on any atom is 0.328 e. The molecule has 5 heteroatoms. The number of hydrogen-bond acceptors (Lipinski definition) is 2. The standard InChI is InChI=1S/C9H12FNO3/c10-5-7-3-4-11(6-7)8(12)1-2-9(13)14/h1-2,7H,3-6H2,(H,13,14)/b2-1+/t7-/m1/s1. The Kier molecular flexibility index (Phi) is 3.62. The minimum absolute atomic E-state index is 0.0859. The van der Waals surface area contributed by atoms with Gasteiger partial charge >= 0.3 is 5.97 Å². The van der Waals surface area contributed by atoms with Crippen molar-refractivity contribution in [1.82, 2.24) is 4.90 Å². The van der Waals surface area contributed by atoms with Gasteiger partial charge in [-0.25, -0.2) is 4.79 Å². The van der Waals surface area contributed by atoms with Crippen LogP contribution < -0.4 is 0 Å². The molecule has 0 aromatic rings. The lowest BCUT2D eigenvalue weighted by Gasteiger charge is -2.12. The molecule has 0 saturated carbocycles. The highest BCUT2D eigenvalue weighted by Crippen LogP contribution is 2.16. The van der Waals surface area contributed by atoms with E-state index in [2.05, 4.69) is 0 Å². The van der Waals surface area contributed by atoms with Crippen LogP contribution in [0.4, 0.5) is 4.39 Å². The molecule has 4 nitrogen and oxygen atoms in total. The van der Waals surface area contributed by atoms with Crippen LogP contribution in [-0.4, -0.2) is 41.6 Å². The molecule has 1 fully saturated rings. The molecule has 0 radical (unpaired) electrons. The molecule has 1 rings (SSSR count). The molecule has 0 bridgehead atoms. The summed E-state index contributed by atoms with van der Waals surface area (Å²) in [5.74, 6) is -1.60. The molecule has 0 aliphatic carbocycles. The normalized spacial score (nSPS) is 21.8. The SMILES string of the molecule is O=C(O)/C=C/C(=O)N1CC[C@H](CF)C1. The molecule has 1 amide bonds.